The Morgan fingerprint density at radius 2 is 1.87 bits per heavy atom. The van der Waals surface area contributed by atoms with Gasteiger partial charge in [0.15, 0.2) is 0 Å². The first-order valence-electron chi connectivity index (χ1n) is 11.0. The summed E-state index contributed by atoms with van der Waals surface area (Å²) >= 11 is 0. The lowest BCUT2D eigenvalue weighted by Crippen LogP contribution is -2.50. The Morgan fingerprint density at radius 1 is 1.07 bits per heavy atom. The Bertz CT molecular complexity index is 1060. The highest BCUT2D eigenvalue weighted by Crippen LogP contribution is 2.44. The minimum Gasteiger partial charge on any atom is -0.299 e. The van der Waals surface area contributed by atoms with Gasteiger partial charge in [0.25, 0.3) is 0 Å². The summed E-state index contributed by atoms with van der Waals surface area (Å²) in [5.74, 6) is 0.105. The SMILES string of the molecule is NS(=O)(=O)C1(Cc2ccc3c(c2)C(Cc2cccc(F)c2)C(N2CCC2)C3)CCC1. The van der Waals surface area contributed by atoms with Crippen molar-refractivity contribution >= 4 is 10.0 Å². The van der Waals surface area contributed by atoms with Gasteiger partial charge in [0, 0.05) is 12.0 Å². The average molecular weight is 429 g/mol. The fraction of sp³-hybridized carbons (Fsp3) is 0.500. The average Bonchev–Trinajstić information content (AvgIpc) is 2.93. The molecule has 2 fully saturated rings. The van der Waals surface area contributed by atoms with Crippen LogP contribution in [-0.2, 0) is 29.3 Å². The highest BCUT2D eigenvalue weighted by atomic mass is 32.2. The summed E-state index contributed by atoms with van der Waals surface area (Å²) in [5.41, 5.74) is 4.72. The quantitative estimate of drug-likeness (QED) is 0.766. The number of benzene rings is 2. The monoisotopic (exact) mass is 428 g/mol. The van der Waals surface area contributed by atoms with Crippen LogP contribution in [0.15, 0.2) is 42.5 Å². The molecule has 1 saturated heterocycles. The maximum atomic E-state index is 13.8. The number of rotatable bonds is 6. The molecule has 1 aliphatic heterocycles. The van der Waals surface area contributed by atoms with Gasteiger partial charge in [-0.15, -0.1) is 0 Å². The van der Waals surface area contributed by atoms with E-state index >= 15 is 0 Å². The third-order valence-corrected chi connectivity index (χ3v) is 9.36. The summed E-state index contributed by atoms with van der Waals surface area (Å²) in [6.45, 7) is 2.25. The molecule has 1 heterocycles. The normalized spacial score (nSPS) is 25.4. The van der Waals surface area contributed by atoms with E-state index in [1.54, 1.807) is 12.1 Å². The standard InChI is InChI=1S/C24H29FN2O2S/c25-20-5-1-4-17(12-20)13-22-21-14-18(16-24(8-2-9-24)30(26,28)29)6-7-19(21)15-23(22)27-10-3-11-27/h1,4-7,12,14,22-23H,2-3,8-11,13,15-16H2,(H2,26,28,29). The highest BCUT2D eigenvalue weighted by Gasteiger charge is 2.47. The van der Waals surface area contributed by atoms with Crippen molar-refractivity contribution in [2.45, 2.75) is 61.7 Å². The summed E-state index contributed by atoms with van der Waals surface area (Å²) in [7, 11) is -3.58. The molecular formula is C24H29FN2O2S. The molecule has 2 aliphatic carbocycles. The van der Waals surface area contributed by atoms with E-state index in [9.17, 15) is 12.8 Å². The van der Waals surface area contributed by atoms with Gasteiger partial charge in [-0.1, -0.05) is 36.8 Å². The zero-order chi connectivity index (χ0) is 20.9. The van der Waals surface area contributed by atoms with Crippen LogP contribution in [0.2, 0.25) is 0 Å². The molecule has 0 aromatic heterocycles. The van der Waals surface area contributed by atoms with Gasteiger partial charge in [0.2, 0.25) is 10.0 Å². The van der Waals surface area contributed by atoms with Gasteiger partial charge in [-0.2, -0.15) is 0 Å². The minimum absolute atomic E-state index is 0.194. The maximum absolute atomic E-state index is 13.8. The van der Waals surface area contributed by atoms with Gasteiger partial charge in [0.05, 0.1) is 4.75 Å². The molecule has 2 N–H and O–H groups in total. The maximum Gasteiger partial charge on any atom is 0.215 e. The van der Waals surface area contributed by atoms with Crippen LogP contribution in [0.1, 0.15) is 53.9 Å². The molecule has 0 amide bonds. The number of halogens is 1. The van der Waals surface area contributed by atoms with E-state index in [0.717, 1.165) is 43.5 Å². The molecule has 1 saturated carbocycles. The van der Waals surface area contributed by atoms with Crippen LogP contribution in [0.5, 0.6) is 0 Å². The van der Waals surface area contributed by atoms with Crippen LogP contribution >= 0.6 is 0 Å². The van der Waals surface area contributed by atoms with E-state index in [0.29, 0.717) is 31.2 Å². The van der Waals surface area contributed by atoms with Gasteiger partial charge in [0.1, 0.15) is 5.82 Å². The number of sulfonamides is 1. The van der Waals surface area contributed by atoms with Crippen molar-refractivity contribution in [1.82, 2.24) is 4.90 Å². The number of primary sulfonamides is 1. The predicted molar refractivity (Wildman–Crippen MR) is 116 cm³/mol. The van der Waals surface area contributed by atoms with Crippen LogP contribution in [0, 0.1) is 5.82 Å². The number of hydrogen-bond donors (Lipinski definition) is 1. The molecule has 2 unspecified atom stereocenters. The van der Waals surface area contributed by atoms with E-state index in [2.05, 4.69) is 23.1 Å². The first-order chi connectivity index (χ1) is 14.3. The number of nitrogens with two attached hydrogens (primary N) is 1. The molecule has 0 bridgehead atoms. The summed E-state index contributed by atoms with van der Waals surface area (Å²) in [6, 6.07) is 13.8. The van der Waals surface area contributed by atoms with Crippen LogP contribution in [0.4, 0.5) is 4.39 Å². The van der Waals surface area contributed by atoms with Crippen molar-refractivity contribution in [3.05, 3.63) is 70.5 Å². The number of fused-ring (bicyclic) bond motifs is 1. The molecule has 6 heteroatoms. The summed E-state index contributed by atoms with van der Waals surface area (Å²) in [4.78, 5) is 2.54. The zero-order valence-electron chi connectivity index (χ0n) is 17.2. The molecule has 2 aromatic carbocycles. The molecule has 2 aromatic rings. The van der Waals surface area contributed by atoms with Crippen LogP contribution in [0.25, 0.3) is 0 Å². The lowest BCUT2D eigenvalue weighted by atomic mass is 9.79. The molecule has 2 atom stereocenters. The van der Waals surface area contributed by atoms with Crippen LogP contribution in [-0.4, -0.2) is 37.2 Å². The summed E-state index contributed by atoms with van der Waals surface area (Å²) in [6.07, 6.45) is 5.74. The fourth-order valence-electron chi connectivity index (χ4n) is 5.59. The lowest BCUT2D eigenvalue weighted by molar-refractivity contribution is 0.106. The topological polar surface area (TPSA) is 63.4 Å². The molecule has 3 aliphatic rings. The highest BCUT2D eigenvalue weighted by molar-refractivity contribution is 7.90. The Hall–Kier alpha value is -1.76. The Kier molecular flexibility index (Phi) is 4.99. The Labute approximate surface area is 178 Å². The van der Waals surface area contributed by atoms with Gasteiger partial charge in [-0.25, -0.2) is 17.9 Å². The molecule has 0 radical (unpaired) electrons. The minimum atomic E-state index is -3.58. The second-order valence-electron chi connectivity index (χ2n) is 9.39. The second kappa shape index (κ2) is 7.43. The van der Waals surface area contributed by atoms with Gasteiger partial charge in [-0.3, -0.25) is 4.90 Å². The van der Waals surface area contributed by atoms with Crippen molar-refractivity contribution in [2.75, 3.05) is 13.1 Å². The van der Waals surface area contributed by atoms with E-state index in [4.69, 9.17) is 5.14 Å². The van der Waals surface area contributed by atoms with Crippen molar-refractivity contribution in [2.24, 2.45) is 5.14 Å². The smallest absolute Gasteiger partial charge is 0.215 e. The third-order valence-electron chi connectivity index (χ3n) is 7.60. The van der Waals surface area contributed by atoms with E-state index in [1.165, 1.54) is 23.6 Å². The van der Waals surface area contributed by atoms with Gasteiger partial charge >= 0.3 is 0 Å². The van der Waals surface area contributed by atoms with E-state index < -0.39 is 14.8 Å². The van der Waals surface area contributed by atoms with Gasteiger partial charge < -0.3 is 0 Å². The lowest BCUT2D eigenvalue weighted by Gasteiger charge is -2.40. The fourth-order valence-corrected chi connectivity index (χ4v) is 6.81. The number of nitrogens with zero attached hydrogens (tertiary/aromatic N) is 1. The molecular weight excluding hydrogens is 399 g/mol. The van der Waals surface area contributed by atoms with E-state index in [-0.39, 0.29) is 5.82 Å². The first-order valence-corrected chi connectivity index (χ1v) is 12.5. The Balaban J connectivity index is 1.46. The molecule has 160 valence electrons. The molecule has 0 spiro atoms. The molecule has 4 nitrogen and oxygen atoms in total. The van der Waals surface area contributed by atoms with Crippen molar-refractivity contribution in [3.63, 3.8) is 0 Å². The largest absolute Gasteiger partial charge is 0.299 e. The van der Waals surface area contributed by atoms with Crippen LogP contribution < -0.4 is 5.14 Å². The zero-order valence-corrected chi connectivity index (χ0v) is 18.0. The number of hydrogen-bond acceptors (Lipinski definition) is 3. The van der Waals surface area contributed by atoms with Crippen LogP contribution in [0.3, 0.4) is 0 Å². The summed E-state index contributed by atoms with van der Waals surface area (Å²) < 4.78 is 37.5. The van der Waals surface area contributed by atoms with Crippen molar-refractivity contribution < 1.29 is 12.8 Å². The van der Waals surface area contributed by atoms with Gasteiger partial charge in [-0.05, 0) is 86.0 Å². The first kappa shape index (κ1) is 20.2. The van der Waals surface area contributed by atoms with E-state index in [1.807, 2.05) is 6.07 Å². The summed E-state index contributed by atoms with van der Waals surface area (Å²) in [5, 5.41) is 5.60. The second-order valence-corrected chi connectivity index (χ2v) is 11.3. The predicted octanol–water partition coefficient (Wildman–Crippen LogP) is 3.54. The molecule has 5 rings (SSSR count). The number of likely N-dealkylation sites (tertiary alicyclic amines) is 1. The van der Waals surface area contributed by atoms with Crippen molar-refractivity contribution in [1.29, 1.82) is 0 Å². The Morgan fingerprint density at radius 3 is 2.47 bits per heavy atom. The molecule has 30 heavy (non-hydrogen) atoms. The van der Waals surface area contributed by atoms with Crippen molar-refractivity contribution in [3.8, 4) is 0 Å². The third kappa shape index (κ3) is 3.49.